The maximum atomic E-state index is 11.9. The molecule has 1 amide bonds. The molecule has 2 N–H and O–H groups in total. The fraction of sp³-hybridized carbons (Fsp3) is 0.154. The van der Waals surface area contributed by atoms with Gasteiger partial charge in [0, 0.05) is 5.38 Å². The van der Waals surface area contributed by atoms with Crippen molar-refractivity contribution in [2.24, 2.45) is 0 Å². The average Bonchev–Trinajstić information content (AvgIpc) is 3.08. The second kappa shape index (κ2) is 6.16. The lowest BCUT2D eigenvalue weighted by atomic mass is 10.2. The molecule has 0 saturated carbocycles. The van der Waals surface area contributed by atoms with Crippen LogP contribution in [0.2, 0.25) is 0 Å². The standard InChI is InChI=1S/C13H12N2O4S/c1-2-4-8(13(17)18)14-11(16)9-7-20-12(15-9)10-5-3-6-19-10/h2-3,5-8H,1,4H2,(H,14,16)(H,17,18). The molecule has 1 atom stereocenters. The Labute approximate surface area is 118 Å². The number of nitrogens with one attached hydrogen (secondary N) is 1. The SMILES string of the molecule is C=CCC(NC(=O)c1csc(-c2ccco2)n1)C(=O)O. The summed E-state index contributed by atoms with van der Waals surface area (Å²) in [6.45, 7) is 3.46. The first-order valence-electron chi connectivity index (χ1n) is 5.75. The van der Waals surface area contributed by atoms with Crippen molar-refractivity contribution in [1.82, 2.24) is 10.3 Å². The van der Waals surface area contributed by atoms with Crippen molar-refractivity contribution in [3.05, 3.63) is 42.1 Å². The normalized spacial score (nSPS) is 11.8. The van der Waals surface area contributed by atoms with E-state index < -0.39 is 17.9 Å². The number of amides is 1. The predicted molar refractivity (Wildman–Crippen MR) is 73.5 cm³/mol. The highest BCUT2D eigenvalue weighted by molar-refractivity contribution is 7.13. The van der Waals surface area contributed by atoms with Crippen LogP contribution in [0.3, 0.4) is 0 Å². The number of aliphatic carboxylic acids is 1. The first-order chi connectivity index (χ1) is 9.61. The molecule has 0 fully saturated rings. The zero-order valence-electron chi connectivity index (χ0n) is 10.4. The number of rotatable bonds is 6. The van der Waals surface area contributed by atoms with Gasteiger partial charge in [0.2, 0.25) is 0 Å². The van der Waals surface area contributed by atoms with Gasteiger partial charge in [0.05, 0.1) is 6.26 Å². The van der Waals surface area contributed by atoms with E-state index in [1.165, 1.54) is 23.7 Å². The van der Waals surface area contributed by atoms with Crippen LogP contribution >= 0.6 is 11.3 Å². The lowest BCUT2D eigenvalue weighted by Gasteiger charge is -2.10. The van der Waals surface area contributed by atoms with Crippen LogP contribution < -0.4 is 5.32 Å². The summed E-state index contributed by atoms with van der Waals surface area (Å²) in [7, 11) is 0. The van der Waals surface area contributed by atoms with Crippen LogP contribution in [0.1, 0.15) is 16.9 Å². The number of carbonyl (C=O) groups is 2. The maximum Gasteiger partial charge on any atom is 0.326 e. The number of thiazole rings is 1. The minimum absolute atomic E-state index is 0.149. The smallest absolute Gasteiger partial charge is 0.326 e. The van der Waals surface area contributed by atoms with Crippen LogP contribution in [-0.2, 0) is 4.79 Å². The molecule has 1 unspecified atom stereocenters. The van der Waals surface area contributed by atoms with Crippen molar-refractivity contribution >= 4 is 23.2 Å². The summed E-state index contributed by atoms with van der Waals surface area (Å²) in [5, 5.41) is 13.5. The first kappa shape index (κ1) is 14.0. The first-order valence-corrected chi connectivity index (χ1v) is 6.63. The summed E-state index contributed by atoms with van der Waals surface area (Å²) in [6, 6.07) is 2.45. The van der Waals surface area contributed by atoms with Crippen molar-refractivity contribution in [1.29, 1.82) is 0 Å². The van der Waals surface area contributed by atoms with Gasteiger partial charge in [-0.1, -0.05) is 6.08 Å². The maximum absolute atomic E-state index is 11.9. The average molecular weight is 292 g/mol. The second-order valence-corrected chi connectivity index (χ2v) is 4.76. The molecule has 0 aliphatic heterocycles. The molecule has 20 heavy (non-hydrogen) atoms. The number of hydrogen-bond donors (Lipinski definition) is 2. The molecule has 0 saturated heterocycles. The van der Waals surface area contributed by atoms with Crippen LogP contribution in [-0.4, -0.2) is 28.0 Å². The number of nitrogens with zero attached hydrogens (tertiary/aromatic N) is 1. The molecular weight excluding hydrogens is 280 g/mol. The molecule has 0 aromatic carbocycles. The van der Waals surface area contributed by atoms with E-state index in [-0.39, 0.29) is 12.1 Å². The van der Waals surface area contributed by atoms with Gasteiger partial charge in [-0.3, -0.25) is 4.79 Å². The van der Waals surface area contributed by atoms with E-state index >= 15 is 0 Å². The molecule has 6 nitrogen and oxygen atoms in total. The fourth-order valence-electron chi connectivity index (χ4n) is 1.51. The monoisotopic (exact) mass is 292 g/mol. The zero-order valence-corrected chi connectivity index (χ0v) is 11.2. The largest absolute Gasteiger partial charge is 0.480 e. The zero-order chi connectivity index (χ0) is 14.5. The third kappa shape index (κ3) is 3.12. The van der Waals surface area contributed by atoms with Gasteiger partial charge in [0.25, 0.3) is 5.91 Å². The Morgan fingerprint density at radius 2 is 2.40 bits per heavy atom. The van der Waals surface area contributed by atoms with Gasteiger partial charge >= 0.3 is 5.97 Å². The van der Waals surface area contributed by atoms with Gasteiger partial charge in [-0.25, -0.2) is 9.78 Å². The van der Waals surface area contributed by atoms with Gasteiger partial charge in [-0.05, 0) is 18.6 Å². The summed E-state index contributed by atoms with van der Waals surface area (Å²) in [6.07, 6.45) is 3.10. The summed E-state index contributed by atoms with van der Waals surface area (Å²) in [5.74, 6) is -1.08. The molecule has 104 valence electrons. The highest BCUT2D eigenvalue weighted by atomic mass is 32.1. The molecule has 2 aromatic rings. The molecular formula is C13H12N2O4S. The molecule has 0 spiro atoms. The van der Waals surface area contributed by atoms with Gasteiger partial charge < -0.3 is 14.8 Å². The Morgan fingerprint density at radius 3 is 3.00 bits per heavy atom. The number of furan rings is 1. The molecule has 0 aliphatic rings. The van der Waals surface area contributed by atoms with E-state index in [1.54, 1.807) is 17.5 Å². The van der Waals surface area contributed by atoms with Gasteiger partial charge in [0.1, 0.15) is 11.7 Å². The van der Waals surface area contributed by atoms with Crippen LogP contribution in [0.15, 0.2) is 40.8 Å². The molecule has 0 radical (unpaired) electrons. The Kier molecular flexibility index (Phi) is 4.31. The van der Waals surface area contributed by atoms with Crippen LogP contribution in [0.4, 0.5) is 0 Å². The third-order valence-corrected chi connectivity index (χ3v) is 3.33. The van der Waals surface area contributed by atoms with Crippen LogP contribution in [0.25, 0.3) is 10.8 Å². The number of aromatic nitrogens is 1. The predicted octanol–water partition coefficient (Wildman–Crippen LogP) is 2.16. The third-order valence-electron chi connectivity index (χ3n) is 2.47. The molecule has 2 aromatic heterocycles. The highest BCUT2D eigenvalue weighted by Crippen LogP contribution is 2.23. The van der Waals surface area contributed by atoms with Crippen molar-refractivity contribution in [3.63, 3.8) is 0 Å². The van der Waals surface area contributed by atoms with Gasteiger partial charge in [0.15, 0.2) is 10.8 Å². The van der Waals surface area contributed by atoms with Crippen molar-refractivity contribution in [3.8, 4) is 10.8 Å². The Balaban J connectivity index is 2.09. The quantitative estimate of drug-likeness (QED) is 0.796. The Bertz CT molecular complexity index is 618. The number of hydrogen-bond acceptors (Lipinski definition) is 5. The number of carboxylic acid groups (broad SMARTS) is 1. The van der Waals surface area contributed by atoms with Gasteiger partial charge in [-0.2, -0.15) is 0 Å². The fourth-order valence-corrected chi connectivity index (χ4v) is 2.28. The Morgan fingerprint density at radius 1 is 1.60 bits per heavy atom. The van der Waals surface area contributed by atoms with E-state index in [4.69, 9.17) is 9.52 Å². The number of carboxylic acids is 1. The highest BCUT2D eigenvalue weighted by Gasteiger charge is 2.21. The van der Waals surface area contributed by atoms with Crippen molar-refractivity contribution < 1.29 is 19.1 Å². The minimum atomic E-state index is -1.11. The lowest BCUT2D eigenvalue weighted by molar-refractivity contribution is -0.139. The van der Waals surface area contributed by atoms with E-state index in [2.05, 4.69) is 16.9 Å². The molecule has 2 heterocycles. The topological polar surface area (TPSA) is 92.4 Å². The lowest BCUT2D eigenvalue weighted by Crippen LogP contribution is -2.40. The van der Waals surface area contributed by atoms with E-state index in [9.17, 15) is 9.59 Å². The minimum Gasteiger partial charge on any atom is -0.480 e. The summed E-state index contributed by atoms with van der Waals surface area (Å²) < 4.78 is 5.18. The molecule has 0 bridgehead atoms. The molecule has 2 rings (SSSR count). The van der Waals surface area contributed by atoms with Crippen molar-refractivity contribution in [2.45, 2.75) is 12.5 Å². The second-order valence-electron chi connectivity index (χ2n) is 3.90. The van der Waals surface area contributed by atoms with Crippen LogP contribution in [0, 0.1) is 0 Å². The van der Waals surface area contributed by atoms with E-state index in [0.717, 1.165) is 0 Å². The summed E-state index contributed by atoms with van der Waals surface area (Å²) in [4.78, 5) is 27.0. The number of carbonyl (C=O) groups excluding carboxylic acids is 1. The molecule has 0 aliphatic carbocycles. The van der Waals surface area contributed by atoms with Gasteiger partial charge in [-0.15, -0.1) is 17.9 Å². The van der Waals surface area contributed by atoms with Crippen LogP contribution in [0.5, 0.6) is 0 Å². The Hall–Kier alpha value is -2.41. The van der Waals surface area contributed by atoms with E-state index in [1.807, 2.05) is 0 Å². The summed E-state index contributed by atoms with van der Waals surface area (Å²) in [5.41, 5.74) is 0.164. The molecule has 7 heteroatoms. The van der Waals surface area contributed by atoms with Crippen molar-refractivity contribution in [2.75, 3.05) is 0 Å². The summed E-state index contributed by atoms with van der Waals surface area (Å²) >= 11 is 1.25. The van der Waals surface area contributed by atoms with E-state index in [0.29, 0.717) is 10.8 Å².